The number of allylic oxidation sites excluding steroid dienone is 1. The fourth-order valence-electron chi connectivity index (χ4n) is 6.04. The van der Waals surface area contributed by atoms with E-state index in [4.69, 9.17) is 0 Å². The summed E-state index contributed by atoms with van der Waals surface area (Å²) < 4.78 is 0. The molecule has 2 fully saturated rings. The number of fused-ring (bicyclic) bond motifs is 1. The minimum atomic E-state index is 0.604. The molecule has 0 aromatic rings. The molecule has 0 bridgehead atoms. The summed E-state index contributed by atoms with van der Waals surface area (Å²) in [5, 5.41) is 0. The molecule has 0 spiro atoms. The average Bonchev–Trinajstić information content (AvgIpc) is 2.58. The van der Waals surface area contributed by atoms with Crippen molar-refractivity contribution in [2.45, 2.75) is 105 Å². The normalized spacial score (nSPS) is 36.2. The molecule has 3 unspecified atom stereocenters. The molecule has 0 aromatic heterocycles. The number of hydrogen-bond donors (Lipinski definition) is 0. The third kappa shape index (κ3) is 3.98. The lowest BCUT2D eigenvalue weighted by Crippen LogP contribution is -2.45. The van der Waals surface area contributed by atoms with Crippen LogP contribution in [0.25, 0.3) is 0 Å². The maximum atomic E-state index is 4.43. The second-order valence-electron chi connectivity index (χ2n) is 9.28. The van der Waals surface area contributed by atoms with Crippen molar-refractivity contribution in [3.05, 3.63) is 12.2 Å². The van der Waals surface area contributed by atoms with Gasteiger partial charge in [-0.25, -0.2) is 0 Å². The van der Waals surface area contributed by atoms with Crippen LogP contribution in [0.3, 0.4) is 0 Å². The minimum Gasteiger partial charge on any atom is -0.0998 e. The maximum absolute atomic E-state index is 4.43. The molecule has 0 saturated heterocycles. The number of hydrogen-bond acceptors (Lipinski definition) is 0. The molecule has 2 aliphatic carbocycles. The van der Waals surface area contributed by atoms with E-state index >= 15 is 0 Å². The molecule has 0 amide bonds. The first kappa shape index (κ1) is 18.1. The lowest BCUT2D eigenvalue weighted by Gasteiger charge is -2.54. The molecule has 0 aromatic carbocycles. The molecule has 0 nitrogen and oxygen atoms in total. The Morgan fingerprint density at radius 1 is 1.18 bits per heavy atom. The molecule has 2 aliphatic rings. The van der Waals surface area contributed by atoms with E-state index in [9.17, 15) is 0 Å². The van der Waals surface area contributed by atoms with E-state index in [0.717, 1.165) is 11.8 Å². The molecule has 128 valence electrons. The van der Waals surface area contributed by atoms with E-state index in [1.165, 1.54) is 77.0 Å². The zero-order valence-electron chi connectivity index (χ0n) is 15.8. The fraction of sp³-hybridized carbons (Fsp3) is 0.909. The average molecular weight is 305 g/mol. The van der Waals surface area contributed by atoms with Crippen LogP contribution < -0.4 is 0 Å². The highest BCUT2D eigenvalue weighted by atomic mass is 14.5. The lowest BCUT2D eigenvalue weighted by molar-refractivity contribution is -0.0371. The SMILES string of the molecule is C=C1CCCC2C(C)(CCCC(C)C)CCCC2(CCC)C1. The van der Waals surface area contributed by atoms with E-state index in [2.05, 4.69) is 34.3 Å². The van der Waals surface area contributed by atoms with E-state index < -0.39 is 0 Å². The van der Waals surface area contributed by atoms with Crippen LogP contribution in [-0.2, 0) is 0 Å². The highest BCUT2D eigenvalue weighted by molar-refractivity contribution is 5.09. The van der Waals surface area contributed by atoms with Crippen molar-refractivity contribution in [1.82, 2.24) is 0 Å². The van der Waals surface area contributed by atoms with Gasteiger partial charge >= 0.3 is 0 Å². The van der Waals surface area contributed by atoms with Gasteiger partial charge in [0.2, 0.25) is 0 Å². The van der Waals surface area contributed by atoms with Crippen LogP contribution in [0.1, 0.15) is 105 Å². The highest BCUT2D eigenvalue weighted by Gasteiger charge is 2.50. The Hall–Kier alpha value is -0.260. The Balaban J connectivity index is 2.18. The van der Waals surface area contributed by atoms with Crippen LogP contribution in [-0.4, -0.2) is 0 Å². The van der Waals surface area contributed by atoms with Gasteiger partial charge in [0.15, 0.2) is 0 Å². The summed E-state index contributed by atoms with van der Waals surface area (Å²) in [6.07, 6.45) is 17.0. The zero-order chi connectivity index (χ0) is 16.2. The van der Waals surface area contributed by atoms with E-state index in [1.54, 1.807) is 5.57 Å². The summed E-state index contributed by atoms with van der Waals surface area (Å²) in [4.78, 5) is 0. The first-order valence-electron chi connectivity index (χ1n) is 10.1. The molecular weight excluding hydrogens is 264 g/mol. The highest BCUT2D eigenvalue weighted by Crippen LogP contribution is 2.61. The van der Waals surface area contributed by atoms with Crippen LogP contribution in [0, 0.1) is 22.7 Å². The van der Waals surface area contributed by atoms with Crippen molar-refractivity contribution in [2.24, 2.45) is 22.7 Å². The molecular formula is C22H40. The Bertz CT molecular complexity index is 362. The van der Waals surface area contributed by atoms with Gasteiger partial charge in [0.25, 0.3) is 0 Å². The quantitative estimate of drug-likeness (QED) is 0.445. The molecule has 22 heavy (non-hydrogen) atoms. The molecule has 2 saturated carbocycles. The third-order valence-corrected chi connectivity index (χ3v) is 6.91. The molecule has 0 aliphatic heterocycles. The first-order valence-corrected chi connectivity index (χ1v) is 10.1. The van der Waals surface area contributed by atoms with Gasteiger partial charge in [-0.3, -0.25) is 0 Å². The molecule has 2 rings (SSSR count). The summed E-state index contributed by atoms with van der Waals surface area (Å²) in [7, 11) is 0. The Morgan fingerprint density at radius 2 is 1.95 bits per heavy atom. The van der Waals surface area contributed by atoms with Gasteiger partial charge in [-0.2, -0.15) is 0 Å². The minimum absolute atomic E-state index is 0.604. The summed E-state index contributed by atoms with van der Waals surface area (Å²) >= 11 is 0. The van der Waals surface area contributed by atoms with Crippen LogP contribution in [0.4, 0.5) is 0 Å². The van der Waals surface area contributed by atoms with Crippen molar-refractivity contribution in [3.63, 3.8) is 0 Å². The first-order chi connectivity index (χ1) is 10.4. The van der Waals surface area contributed by atoms with Gasteiger partial charge in [-0.05, 0) is 74.0 Å². The summed E-state index contributed by atoms with van der Waals surface area (Å²) in [6.45, 7) is 14.2. The van der Waals surface area contributed by atoms with Crippen LogP contribution in [0.2, 0.25) is 0 Å². The summed E-state index contributed by atoms with van der Waals surface area (Å²) in [6, 6.07) is 0. The van der Waals surface area contributed by atoms with Crippen LogP contribution >= 0.6 is 0 Å². The van der Waals surface area contributed by atoms with E-state index in [1.807, 2.05) is 0 Å². The van der Waals surface area contributed by atoms with Crippen molar-refractivity contribution in [2.75, 3.05) is 0 Å². The second kappa shape index (κ2) is 7.54. The Labute approximate surface area is 140 Å². The van der Waals surface area contributed by atoms with Gasteiger partial charge < -0.3 is 0 Å². The Kier molecular flexibility index (Phi) is 6.20. The molecule has 0 heterocycles. The fourth-order valence-corrected chi connectivity index (χ4v) is 6.04. The third-order valence-electron chi connectivity index (χ3n) is 6.91. The maximum Gasteiger partial charge on any atom is -0.0227 e. The zero-order valence-corrected chi connectivity index (χ0v) is 15.8. The monoisotopic (exact) mass is 304 g/mol. The standard InChI is InChI=1S/C22H40/c1-6-13-22-16-9-15-21(5,14-8-10-18(2)3)20(22)12-7-11-19(4)17-22/h18,20H,4,6-17H2,1-3,5H3. The van der Waals surface area contributed by atoms with Gasteiger partial charge in [-0.1, -0.05) is 65.5 Å². The molecule has 0 heteroatoms. The van der Waals surface area contributed by atoms with Crippen molar-refractivity contribution in [1.29, 1.82) is 0 Å². The second-order valence-corrected chi connectivity index (χ2v) is 9.28. The molecule has 3 atom stereocenters. The Morgan fingerprint density at radius 3 is 2.64 bits per heavy atom. The van der Waals surface area contributed by atoms with Crippen molar-refractivity contribution < 1.29 is 0 Å². The van der Waals surface area contributed by atoms with Gasteiger partial charge in [0, 0.05) is 0 Å². The predicted octanol–water partition coefficient (Wildman–Crippen LogP) is 7.54. The molecule has 0 N–H and O–H groups in total. The van der Waals surface area contributed by atoms with E-state index in [-0.39, 0.29) is 0 Å². The largest absolute Gasteiger partial charge is 0.0998 e. The van der Waals surface area contributed by atoms with E-state index in [0.29, 0.717) is 10.8 Å². The van der Waals surface area contributed by atoms with Crippen molar-refractivity contribution >= 4 is 0 Å². The molecule has 0 radical (unpaired) electrons. The van der Waals surface area contributed by atoms with Gasteiger partial charge in [0.1, 0.15) is 0 Å². The van der Waals surface area contributed by atoms with Gasteiger partial charge in [-0.15, -0.1) is 0 Å². The van der Waals surface area contributed by atoms with Crippen LogP contribution in [0.5, 0.6) is 0 Å². The van der Waals surface area contributed by atoms with Gasteiger partial charge in [0.05, 0.1) is 0 Å². The number of rotatable bonds is 6. The topological polar surface area (TPSA) is 0 Å². The van der Waals surface area contributed by atoms with Crippen LogP contribution in [0.15, 0.2) is 12.2 Å². The smallest absolute Gasteiger partial charge is 0.0227 e. The predicted molar refractivity (Wildman–Crippen MR) is 99.1 cm³/mol. The van der Waals surface area contributed by atoms with Crippen molar-refractivity contribution in [3.8, 4) is 0 Å². The lowest BCUT2D eigenvalue weighted by atomic mass is 9.51. The summed E-state index contributed by atoms with van der Waals surface area (Å²) in [5.74, 6) is 1.82. The summed E-state index contributed by atoms with van der Waals surface area (Å²) in [5.41, 5.74) is 2.77.